The molecular formula is C59H94O27. The molecule has 5 heterocycles. The Balaban J connectivity index is 0.850. The van der Waals surface area contributed by atoms with Crippen LogP contribution in [-0.4, -0.2) is 269 Å². The first-order chi connectivity index (χ1) is 40.4. The molecule has 86 heavy (non-hydrogen) atoms. The molecule has 9 fully saturated rings. The number of aliphatic hydroxyl groups is 15. The number of hydrogen-bond donors (Lipinski definition) is 15. The van der Waals surface area contributed by atoms with E-state index in [2.05, 4.69) is 40.7 Å². The summed E-state index contributed by atoms with van der Waals surface area (Å²) in [6.07, 6.45) is -31.2. The first-order valence-electron chi connectivity index (χ1n) is 30.6. The van der Waals surface area contributed by atoms with E-state index in [1.165, 1.54) is 6.92 Å². The van der Waals surface area contributed by atoms with Crippen LogP contribution in [0.15, 0.2) is 11.6 Å². The minimum Gasteiger partial charge on any atom is -0.432 e. The Hall–Kier alpha value is -2.08. The molecule has 492 valence electrons. The van der Waals surface area contributed by atoms with Gasteiger partial charge in [-0.1, -0.05) is 53.2 Å². The van der Waals surface area contributed by atoms with Crippen LogP contribution in [0.2, 0.25) is 0 Å². The number of hydrogen-bond acceptors (Lipinski definition) is 27. The molecule has 0 bridgehead atoms. The Kier molecular flexibility index (Phi) is 19.2. The van der Waals surface area contributed by atoms with Crippen LogP contribution in [0.1, 0.15) is 113 Å². The van der Waals surface area contributed by atoms with Gasteiger partial charge in [0.15, 0.2) is 25.2 Å². The van der Waals surface area contributed by atoms with Gasteiger partial charge >= 0.3 is 5.97 Å². The number of fused-ring (bicyclic) bond motifs is 7. The van der Waals surface area contributed by atoms with Crippen molar-refractivity contribution in [1.29, 1.82) is 0 Å². The molecule has 0 amide bonds. The first kappa shape index (κ1) is 66.8. The third kappa shape index (κ3) is 11.1. The molecule has 0 spiro atoms. The fourth-order valence-electron chi connectivity index (χ4n) is 17.4. The summed E-state index contributed by atoms with van der Waals surface area (Å²) >= 11 is 0. The van der Waals surface area contributed by atoms with Crippen molar-refractivity contribution in [3.05, 3.63) is 11.6 Å². The summed E-state index contributed by atoms with van der Waals surface area (Å²) in [5.74, 6) is -1.12. The molecule has 4 saturated carbocycles. The van der Waals surface area contributed by atoms with Gasteiger partial charge < -0.3 is 129 Å². The molecule has 0 aromatic rings. The lowest BCUT2D eigenvalue weighted by Crippen LogP contribution is -2.67. The van der Waals surface area contributed by atoms with E-state index in [0.29, 0.717) is 64.2 Å². The summed E-state index contributed by atoms with van der Waals surface area (Å²) in [7, 11) is 0. The van der Waals surface area contributed by atoms with Gasteiger partial charge in [-0.2, -0.15) is 0 Å². The molecule has 15 N–H and O–H groups in total. The number of ether oxygens (including phenoxy) is 10. The maximum atomic E-state index is 15.1. The van der Waals surface area contributed by atoms with Gasteiger partial charge in [-0.3, -0.25) is 4.79 Å². The van der Waals surface area contributed by atoms with Gasteiger partial charge in [0.2, 0.25) is 6.29 Å². The van der Waals surface area contributed by atoms with Crippen molar-refractivity contribution in [2.75, 3.05) is 26.4 Å². The number of allylic oxidation sites excluding steroid dienone is 2. The minimum atomic E-state index is -1.88. The molecular weight excluding hydrogens is 1140 g/mol. The van der Waals surface area contributed by atoms with E-state index in [-0.39, 0.29) is 35.2 Å². The monoisotopic (exact) mass is 1230 g/mol. The topological polar surface area (TPSA) is 430 Å². The molecule has 0 aromatic heterocycles. The minimum absolute atomic E-state index is 0.0408. The number of esters is 1. The highest BCUT2D eigenvalue weighted by molar-refractivity contribution is 5.79. The maximum Gasteiger partial charge on any atom is 0.315 e. The van der Waals surface area contributed by atoms with E-state index in [1.54, 1.807) is 0 Å². The summed E-state index contributed by atoms with van der Waals surface area (Å²) in [4.78, 5) is 29.1. The average Bonchev–Trinajstić information content (AvgIpc) is 0.689. The van der Waals surface area contributed by atoms with Crippen LogP contribution in [0.25, 0.3) is 0 Å². The van der Waals surface area contributed by atoms with Crippen LogP contribution in [0.5, 0.6) is 0 Å². The van der Waals surface area contributed by atoms with Crippen LogP contribution in [0.4, 0.5) is 0 Å². The smallest absolute Gasteiger partial charge is 0.315 e. The van der Waals surface area contributed by atoms with Crippen LogP contribution < -0.4 is 0 Å². The zero-order valence-electron chi connectivity index (χ0n) is 49.8. The first-order valence-corrected chi connectivity index (χ1v) is 30.6. The fraction of sp³-hybridized carbons (Fsp3) is 0.932. The van der Waals surface area contributed by atoms with E-state index in [1.807, 2.05) is 6.92 Å². The van der Waals surface area contributed by atoms with E-state index >= 15 is 4.79 Å². The lowest BCUT2D eigenvalue weighted by molar-refractivity contribution is -0.382. The van der Waals surface area contributed by atoms with Crippen LogP contribution >= 0.6 is 0 Å². The highest BCUT2D eigenvalue weighted by Gasteiger charge is 2.71. The second kappa shape index (κ2) is 24.8. The van der Waals surface area contributed by atoms with Gasteiger partial charge in [-0.15, -0.1) is 0 Å². The molecule has 33 atom stereocenters. The zero-order chi connectivity index (χ0) is 62.7. The number of carbonyl (C=O) groups excluding carboxylic acids is 2. The number of rotatable bonds is 14. The number of aldehydes is 1. The van der Waals surface area contributed by atoms with Crippen LogP contribution in [-0.2, 0) is 57.0 Å². The molecule has 0 aromatic carbocycles. The molecule has 5 aliphatic heterocycles. The van der Waals surface area contributed by atoms with Gasteiger partial charge in [0.25, 0.3) is 0 Å². The Morgan fingerprint density at radius 3 is 1.79 bits per heavy atom. The molecule has 5 aliphatic carbocycles. The Morgan fingerprint density at radius 2 is 1.15 bits per heavy atom. The standard InChI is InChI=1S/C59H94O27/c1-24-34(64)46(84-49-43(73)40(70)37(67)29(20-61)81-49)45(75)51(79-24)85-47-35(65)27(63)21-77-52(47)83-33-11-12-55(4)31(56(33,5)23-62)10-13-58(7)32(55)9-8-25-26-18-54(2,3)14-16-59(26,17-15-57(25,58)6)53(76)86-50-44(74)41(71)38(68)30(82-50)22-78-48-42(72)39(69)36(66)28(19-60)80-48/h8,23-24,26-52,60-61,63-75H,9-22H2,1-7H3. The molecule has 27 heteroatoms. The van der Waals surface area contributed by atoms with E-state index in [4.69, 9.17) is 47.4 Å². The lowest BCUT2D eigenvalue weighted by Gasteiger charge is -2.71. The molecule has 10 aliphatic rings. The normalized spacial score (nSPS) is 54.7. The van der Waals surface area contributed by atoms with Gasteiger partial charge in [-0.05, 0) is 111 Å². The van der Waals surface area contributed by atoms with Crippen molar-refractivity contribution in [2.45, 2.75) is 266 Å². The highest BCUT2D eigenvalue weighted by Crippen LogP contribution is 2.76. The van der Waals surface area contributed by atoms with Crippen molar-refractivity contribution >= 4 is 12.3 Å². The predicted octanol–water partition coefficient (Wildman–Crippen LogP) is -3.37. The van der Waals surface area contributed by atoms with E-state index in [0.717, 1.165) is 11.9 Å². The average molecular weight is 1240 g/mol. The maximum absolute atomic E-state index is 15.1. The zero-order valence-corrected chi connectivity index (χ0v) is 49.8. The fourth-order valence-corrected chi connectivity index (χ4v) is 17.4. The summed E-state index contributed by atoms with van der Waals surface area (Å²) in [5, 5.41) is 161. The third-order valence-corrected chi connectivity index (χ3v) is 23.1. The van der Waals surface area contributed by atoms with Gasteiger partial charge in [0.05, 0.1) is 49.5 Å². The molecule has 5 saturated heterocycles. The Morgan fingerprint density at radius 1 is 0.581 bits per heavy atom. The van der Waals surface area contributed by atoms with Crippen molar-refractivity contribution < 1.29 is 134 Å². The second-order valence-corrected chi connectivity index (χ2v) is 28.3. The highest BCUT2D eigenvalue weighted by atomic mass is 16.8. The Bertz CT molecular complexity index is 2420. The summed E-state index contributed by atoms with van der Waals surface area (Å²) in [6.45, 7) is 12.1. The van der Waals surface area contributed by atoms with Crippen LogP contribution in [0, 0.1) is 50.2 Å². The predicted molar refractivity (Wildman–Crippen MR) is 288 cm³/mol. The van der Waals surface area contributed by atoms with Crippen molar-refractivity contribution in [1.82, 2.24) is 0 Å². The third-order valence-electron chi connectivity index (χ3n) is 23.1. The lowest BCUT2D eigenvalue weighted by atomic mass is 9.33. The number of aliphatic hydroxyl groups excluding tert-OH is 15. The number of carbonyl (C=O) groups is 2. The molecule has 33 unspecified atom stereocenters. The summed E-state index contributed by atoms with van der Waals surface area (Å²) in [6, 6.07) is 0. The summed E-state index contributed by atoms with van der Waals surface area (Å²) < 4.78 is 59.3. The van der Waals surface area contributed by atoms with Crippen molar-refractivity contribution in [3.8, 4) is 0 Å². The quantitative estimate of drug-likeness (QED) is 0.0349. The second-order valence-electron chi connectivity index (χ2n) is 28.3. The molecule has 10 rings (SSSR count). The van der Waals surface area contributed by atoms with Gasteiger partial charge in [-0.25, -0.2) is 0 Å². The summed E-state index contributed by atoms with van der Waals surface area (Å²) in [5.41, 5.74) is -2.49. The molecule has 0 radical (unpaired) electrons. The van der Waals surface area contributed by atoms with Gasteiger partial charge in [0, 0.05) is 0 Å². The van der Waals surface area contributed by atoms with Crippen molar-refractivity contribution in [2.24, 2.45) is 50.2 Å². The van der Waals surface area contributed by atoms with Crippen molar-refractivity contribution in [3.63, 3.8) is 0 Å². The Labute approximate surface area is 499 Å². The van der Waals surface area contributed by atoms with E-state index < -0.39 is 201 Å². The van der Waals surface area contributed by atoms with Crippen LogP contribution in [0.3, 0.4) is 0 Å². The molecule has 27 nitrogen and oxygen atoms in total. The van der Waals surface area contributed by atoms with E-state index in [9.17, 15) is 81.4 Å². The van der Waals surface area contributed by atoms with Gasteiger partial charge in [0.1, 0.15) is 116 Å². The largest absolute Gasteiger partial charge is 0.432 e. The SMILES string of the molecule is CC1OC(OC2C(OC3CCC4(C)C(CCC5(C)C4CC=C4C6CC(C)(C)CCC6(C(=O)OC6OC(COC7OC(CO)C(O)C(O)C7O)C(O)C(O)C6O)CCC45C)C3(C)C=O)OCC(O)C2O)C(O)C(OC2OC(CO)C(O)C(O)C2O)C1O.